The average Bonchev–Trinajstić information content (AvgIpc) is 3.04. The first-order valence-electron chi connectivity index (χ1n) is 6.44. The maximum absolute atomic E-state index is 11.2. The van der Waals surface area contributed by atoms with E-state index in [2.05, 4.69) is 9.97 Å². The molecule has 7 heteroatoms. The highest BCUT2D eigenvalue weighted by atomic mass is 16.5. The molecule has 2 aromatic rings. The number of hydrogen-bond donors (Lipinski definition) is 1. The molecule has 0 amide bonds. The predicted molar refractivity (Wildman–Crippen MR) is 70.2 cm³/mol. The van der Waals surface area contributed by atoms with Crippen LogP contribution in [0.2, 0.25) is 0 Å². The molecule has 3 heterocycles. The number of ether oxygens (including phenoxy) is 1. The molecule has 1 aliphatic rings. The highest BCUT2D eigenvalue weighted by molar-refractivity contribution is 5.71. The van der Waals surface area contributed by atoms with E-state index in [-0.39, 0.29) is 12.6 Å². The lowest BCUT2D eigenvalue weighted by Gasteiger charge is -2.25. The van der Waals surface area contributed by atoms with Crippen LogP contribution in [0, 0.1) is 5.92 Å². The van der Waals surface area contributed by atoms with Gasteiger partial charge >= 0.3 is 5.97 Å². The van der Waals surface area contributed by atoms with E-state index in [9.17, 15) is 9.90 Å². The molecule has 7 nitrogen and oxygen atoms in total. The van der Waals surface area contributed by atoms with Crippen molar-refractivity contribution in [3.63, 3.8) is 0 Å². The number of rotatable bonds is 4. The van der Waals surface area contributed by atoms with Gasteiger partial charge in [0.25, 0.3) is 0 Å². The highest BCUT2D eigenvalue weighted by Gasteiger charge is 2.36. The second-order valence-electron chi connectivity index (χ2n) is 5.02. The van der Waals surface area contributed by atoms with Gasteiger partial charge in [-0.15, -0.1) is 0 Å². The molecule has 0 aliphatic carbocycles. The summed E-state index contributed by atoms with van der Waals surface area (Å²) in [5, 5.41) is 9.18. The van der Waals surface area contributed by atoms with Crippen LogP contribution in [0.3, 0.4) is 0 Å². The molecule has 2 atom stereocenters. The number of aliphatic carboxylic acids is 1. The summed E-state index contributed by atoms with van der Waals surface area (Å²) in [6, 6.07) is 1.72. The Morgan fingerprint density at radius 2 is 2.45 bits per heavy atom. The van der Waals surface area contributed by atoms with Crippen molar-refractivity contribution >= 4 is 11.7 Å². The predicted octanol–water partition coefficient (Wildman–Crippen LogP) is 0.261. The molecule has 0 saturated carbocycles. The summed E-state index contributed by atoms with van der Waals surface area (Å²) in [4.78, 5) is 21.7. The molecular weight excluding hydrogens is 260 g/mol. The number of imidazole rings is 1. The smallest absolute Gasteiger partial charge is 0.310 e. The normalized spacial score (nSPS) is 22.7. The van der Waals surface area contributed by atoms with Gasteiger partial charge in [0.1, 0.15) is 0 Å². The Kier molecular flexibility index (Phi) is 3.37. The molecule has 1 saturated heterocycles. The van der Waals surface area contributed by atoms with Gasteiger partial charge in [-0.3, -0.25) is 14.1 Å². The summed E-state index contributed by atoms with van der Waals surface area (Å²) in [6.07, 6.45) is 5.49. The third kappa shape index (κ3) is 2.37. The van der Waals surface area contributed by atoms with E-state index < -0.39 is 11.9 Å². The van der Waals surface area contributed by atoms with Gasteiger partial charge in [0.15, 0.2) is 0 Å². The van der Waals surface area contributed by atoms with E-state index in [4.69, 9.17) is 4.74 Å². The fourth-order valence-corrected chi connectivity index (χ4v) is 2.54. The minimum absolute atomic E-state index is 0.120. The van der Waals surface area contributed by atoms with Crippen LogP contribution in [0.1, 0.15) is 5.69 Å². The molecule has 3 rings (SSSR count). The van der Waals surface area contributed by atoms with Crippen LogP contribution in [0.5, 0.6) is 0 Å². The molecule has 2 aromatic heterocycles. The van der Waals surface area contributed by atoms with Crippen molar-refractivity contribution < 1.29 is 14.6 Å². The molecule has 1 aliphatic heterocycles. The van der Waals surface area contributed by atoms with E-state index >= 15 is 0 Å². The van der Waals surface area contributed by atoms with Crippen molar-refractivity contribution in [2.45, 2.75) is 12.6 Å². The van der Waals surface area contributed by atoms with Gasteiger partial charge in [0.05, 0.1) is 24.8 Å². The molecule has 0 bridgehead atoms. The maximum Gasteiger partial charge on any atom is 0.310 e. The Morgan fingerprint density at radius 1 is 1.60 bits per heavy atom. The van der Waals surface area contributed by atoms with Crippen molar-refractivity contribution in [1.82, 2.24) is 19.3 Å². The molecule has 20 heavy (non-hydrogen) atoms. The molecule has 0 radical (unpaired) electrons. The fraction of sp³-hybridized carbons (Fsp3) is 0.462. The van der Waals surface area contributed by atoms with Crippen LogP contribution in [0.15, 0.2) is 24.7 Å². The molecule has 0 aromatic carbocycles. The van der Waals surface area contributed by atoms with Gasteiger partial charge in [-0.1, -0.05) is 0 Å². The summed E-state index contributed by atoms with van der Waals surface area (Å²) >= 11 is 0. The first kappa shape index (κ1) is 13.0. The molecule has 1 N–H and O–H groups in total. The zero-order valence-corrected chi connectivity index (χ0v) is 11.1. The minimum Gasteiger partial charge on any atom is -0.481 e. The summed E-state index contributed by atoms with van der Waals surface area (Å²) in [5.74, 6) is -0.639. The van der Waals surface area contributed by atoms with Crippen molar-refractivity contribution in [2.24, 2.45) is 5.92 Å². The van der Waals surface area contributed by atoms with E-state index in [0.29, 0.717) is 18.9 Å². The summed E-state index contributed by atoms with van der Waals surface area (Å²) in [5.41, 5.74) is 0.863. The van der Waals surface area contributed by atoms with Crippen LogP contribution in [-0.4, -0.2) is 56.6 Å². The highest BCUT2D eigenvalue weighted by Crippen LogP contribution is 2.20. The van der Waals surface area contributed by atoms with Crippen LogP contribution in [0.25, 0.3) is 5.78 Å². The largest absolute Gasteiger partial charge is 0.481 e. The molecule has 2 unspecified atom stereocenters. The number of carbonyl (C=O) groups is 1. The number of carboxylic acids is 1. The Bertz CT molecular complexity index is 594. The third-order valence-corrected chi connectivity index (χ3v) is 3.63. The van der Waals surface area contributed by atoms with Gasteiger partial charge in [0.2, 0.25) is 5.78 Å². The van der Waals surface area contributed by atoms with Crippen LogP contribution in [0.4, 0.5) is 0 Å². The number of fused-ring (bicyclic) bond motifs is 1. The molecule has 0 spiro atoms. The standard InChI is InChI=1S/C13H16N4O3/c1-16(11-8-20-7-10(11)12(18)19)5-9-6-17-4-2-3-14-13(17)15-9/h2-4,6,10-11H,5,7-8H2,1H3,(H,18,19). The van der Waals surface area contributed by atoms with Gasteiger partial charge < -0.3 is 9.84 Å². The zero-order valence-electron chi connectivity index (χ0n) is 11.1. The van der Waals surface area contributed by atoms with E-state index in [1.807, 2.05) is 34.8 Å². The quantitative estimate of drug-likeness (QED) is 0.863. The van der Waals surface area contributed by atoms with E-state index in [0.717, 1.165) is 5.69 Å². The second-order valence-corrected chi connectivity index (χ2v) is 5.02. The number of likely N-dealkylation sites (N-methyl/N-ethyl adjacent to an activating group) is 1. The first-order valence-corrected chi connectivity index (χ1v) is 6.44. The monoisotopic (exact) mass is 276 g/mol. The lowest BCUT2D eigenvalue weighted by atomic mass is 10.0. The summed E-state index contributed by atoms with van der Waals surface area (Å²) in [7, 11) is 1.90. The zero-order chi connectivity index (χ0) is 14.1. The lowest BCUT2D eigenvalue weighted by molar-refractivity contribution is -0.143. The summed E-state index contributed by atoms with van der Waals surface area (Å²) in [6.45, 7) is 1.29. The first-order chi connectivity index (χ1) is 9.65. The average molecular weight is 276 g/mol. The number of hydrogen-bond acceptors (Lipinski definition) is 5. The van der Waals surface area contributed by atoms with Crippen LogP contribution in [-0.2, 0) is 16.1 Å². The van der Waals surface area contributed by atoms with Crippen molar-refractivity contribution in [3.8, 4) is 0 Å². The SMILES string of the molecule is CN(Cc1cn2cccnc2n1)C1COCC1C(=O)O. The van der Waals surface area contributed by atoms with Gasteiger partial charge in [-0.2, -0.15) is 0 Å². The van der Waals surface area contributed by atoms with Crippen LogP contribution >= 0.6 is 0 Å². The van der Waals surface area contributed by atoms with Gasteiger partial charge in [-0.05, 0) is 13.1 Å². The lowest BCUT2D eigenvalue weighted by Crippen LogP contribution is -2.40. The van der Waals surface area contributed by atoms with E-state index in [1.54, 1.807) is 6.20 Å². The maximum atomic E-state index is 11.2. The van der Waals surface area contributed by atoms with Crippen molar-refractivity contribution in [2.75, 3.05) is 20.3 Å². The Labute approximate surface area is 115 Å². The van der Waals surface area contributed by atoms with Crippen LogP contribution < -0.4 is 0 Å². The molecular formula is C13H16N4O3. The molecule has 1 fully saturated rings. The second kappa shape index (κ2) is 5.18. The third-order valence-electron chi connectivity index (χ3n) is 3.63. The summed E-state index contributed by atoms with van der Waals surface area (Å²) < 4.78 is 7.14. The number of carboxylic acid groups (broad SMARTS) is 1. The minimum atomic E-state index is -0.809. The Morgan fingerprint density at radius 3 is 3.20 bits per heavy atom. The van der Waals surface area contributed by atoms with Crippen molar-refractivity contribution in [1.29, 1.82) is 0 Å². The van der Waals surface area contributed by atoms with Crippen molar-refractivity contribution in [3.05, 3.63) is 30.4 Å². The fourth-order valence-electron chi connectivity index (χ4n) is 2.54. The Balaban J connectivity index is 1.75. The Hall–Kier alpha value is -1.99. The van der Waals surface area contributed by atoms with Gasteiger partial charge in [0, 0.05) is 31.2 Å². The topological polar surface area (TPSA) is 80.0 Å². The number of nitrogens with zero attached hydrogens (tertiary/aromatic N) is 4. The number of aromatic nitrogens is 3. The van der Waals surface area contributed by atoms with Gasteiger partial charge in [-0.25, -0.2) is 9.97 Å². The molecule has 106 valence electrons. The van der Waals surface area contributed by atoms with E-state index in [1.165, 1.54) is 0 Å².